The summed E-state index contributed by atoms with van der Waals surface area (Å²) in [6, 6.07) is 4.53. The van der Waals surface area contributed by atoms with E-state index in [4.69, 9.17) is 5.11 Å². The normalized spacial score (nSPS) is 12.3. The minimum Gasteiger partial charge on any atom is -0.478 e. The van der Waals surface area contributed by atoms with Crippen molar-refractivity contribution in [1.29, 1.82) is 0 Å². The van der Waals surface area contributed by atoms with Crippen LogP contribution in [0.5, 0.6) is 0 Å². The predicted octanol–water partition coefficient (Wildman–Crippen LogP) is 5.85. The van der Waals surface area contributed by atoms with E-state index < -0.39 is 29.4 Å². The van der Waals surface area contributed by atoms with Gasteiger partial charge in [0.2, 0.25) is 0 Å². The van der Waals surface area contributed by atoms with E-state index in [0.717, 1.165) is 18.2 Å². The number of benzene rings is 2. The Bertz CT molecular complexity index is 763. The van der Waals surface area contributed by atoms with Gasteiger partial charge in [0.05, 0.1) is 16.7 Å². The molecule has 0 bridgehead atoms. The highest BCUT2D eigenvalue weighted by Gasteiger charge is 2.37. The molecule has 24 heavy (non-hydrogen) atoms. The third kappa shape index (κ3) is 3.89. The Morgan fingerprint density at radius 3 is 1.75 bits per heavy atom. The van der Waals surface area contributed by atoms with Crippen LogP contribution in [0.1, 0.15) is 21.5 Å². The van der Waals surface area contributed by atoms with E-state index in [1.165, 1.54) is 0 Å². The quantitative estimate of drug-likeness (QED) is 0.628. The van der Waals surface area contributed by atoms with Crippen molar-refractivity contribution in [2.45, 2.75) is 12.4 Å². The van der Waals surface area contributed by atoms with Crippen molar-refractivity contribution in [2.75, 3.05) is 0 Å². The first-order valence-electron chi connectivity index (χ1n) is 6.22. The van der Waals surface area contributed by atoms with Crippen LogP contribution in [0.2, 0.25) is 0 Å². The number of hydrogen-bond acceptors (Lipinski definition) is 1. The molecule has 0 fully saturated rings. The second kappa shape index (κ2) is 6.12. The number of carboxylic acids is 1. The molecule has 0 heterocycles. The molecule has 1 N–H and O–H groups in total. The van der Waals surface area contributed by atoms with Gasteiger partial charge in [-0.2, -0.15) is 26.3 Å². The van der Waals surface area contributed by atoms with Crippen LogP contribution in [-0.2, 0) is 12.4 Å². The number of rotatable bonds is 2. The molecule has 0 spiro atoms. The van der Waals surface area contributed by atoms with Gasteiger partial charge < -0.3 is 5.11 Å². The van der Waals surface area contributed by atoms with Crippen LogP contribution in [0, 0.1) is 0 Å². The monoisotopic (exact) mass is 412 g/mol. The van der Waals surface area contributed by atoms with Crippen molar-refractivity contribution in [3.05, 3.63) is 57.6 Å². The van der Waals surface area contributed by atoms with Crippen molar-refractivity contribution in [3.63, 3.8) is 0 Å². The zero-order valence-corrected chi connectivity index (χ0v) is 13.1. The molecule has 2 rings (SSSR count). The van der Waals surface area contributed by atoms with Crippen LogP contribution in [0.3, 0.4) is 0 Å². The number of hydrogen-bond donors (Lipinski definition) is 1. The maximum absolute atomic E-state index is 12.9. The van der Waals surface area contributed by atoms with E-state index in [0.29, 0.717) is 12.1 Å². The SMILES string of the molecule is O=C(O)c1ccc(-c2cc(C(F)(F)F)cc(C(F)(F)F)c2)c(Br)c1. The molecule has 2 aromatic rings. The number of carboxylic acid groups (broad SMARTS) is 1. The number of aromatic carboxylic acids is 1. The molecule has 0 aliphatic carbocycles. The molecule has 0 aliphatic rings. The van der Waals surface area contributed by atoms with E-state index >= 15 is 0 Å². The van der Waals surface area contributed by atoms with Crippen LogP contribution in [-0.4, -0.2) is 11.1 Å². The molecule has 0 atom stereocenters. The highest BCUT2D eigenvalue weighted by atomic mass is 79.9. The van der Waals surface area contributed by atoms with Crippen LogP contribution in [0.15, 0.2) is 40.9 Å². The maximum Gasteiger partial charge on any atom is 0.416 e. The van der Waals surface area contributed by atoms with Gasteiger partial charge in [0, 0.05) is 4.47 Å². The van der Waals surface area contributed by atoms with Crippen molar-refractivity contribution in [3.8, 4) is 11.1 Å². The minimum atomic E-state index is -4.95. The first kappa shape index (κ1) is 18.3. The zero-order valence-electron chi connectivity index (χ0n) is 11.5. The Morgan fingerprint density at radius 2 is 1.38 bits per heavy atom. The van der Waals surface area contributed by atoms with E-state index in [2.05, 4.69) is 15.9 Å². The van der Waals surface area contributed by atoms with Gasteiger partial charge in [-0.25, -0.2) is 4.79 Å². The average Bonchev–Trinajstić information content (AvgIpc) is 2.44. The summed E-state index contributed by atoms with van der Waals surface area (Å²) < 4.78 is 77.3. The lowest BCUT2D eigenvalue weighted by molar-refractivity contribution is -0.143. The summed E-state index contributed by atoms with van der Waals surface area (Å²) in [6.07, 6.45) is -9.91. The number of halogens is 7. The van der Waals surface area contributed by atoms with Crippen LogP contribution in [0.4, 0.5) is 26.3 Å². The second-order valence-electron chi connectivity index (χ2n) is 4.79. The Morgan fingerprint density at radius 1 is 0.875 bits per heavy atom. The van der Waals surface area contributed by atoms with Gasteiger partial charge >= 0.3 is 18.3 Å². The lowest BCUT2D eigenvalue weighted by Gasteiger charge is -2.15. The van der Waals surface area contributed by atoms with Crippen LogP contribution >= 0.6 is 15.9 Å². The summed E-state index contributed by atoms with van der Waals surface area (Å²) in [5.41, 5.74) is -3.37. The fourth-order valence-electron chi connectivity index (χ4n) is 1.99. The molecule has 2 nitrogen and oxygen atoms in total. The maximum atomic E-state index is 12.9. The molecule has 9 heteroatoms. The Balaban J connectivity index is 2.68. The molecule has 0 radical (unpaired) electrons. The number of carbonyl (C=O) groups is 1. The lowest BCUT2D eigenvalue weighted by Crippen LogP contribution is -2.11. The molecule has 2 aromatic carbocycles. The molecule has 0 amide bonds. The molecule has 128 valence electrons. The lowest BCUT2D eigenvalue weighted by atomic mass is 9.98. The summed E-state index contributed by atoms with van der Waals surface area (Å²) in [4.78, 5) is 10.9. The number of alkyl halides is 6. The van der Waals surface area contributed by atoms with Crippen molar-refractivity contribution in [2.24, 2.45) is 0 Å². The molecule has 0 aromatic heterocycles. The van der Waals surface area contributed by atoms with Gasteiger partial charge in [0.25, 0.3) is 0 Å². The Hall–Kier alpha value is -2.03. The second-order valence-corrected chi connectivity index (χ2v) is 5.65. The fourth-order valence-corrected chi connectivity index (χ4v) is 2.60. The van der Waals surface area contributed by atoms with Gasteiger partial charge in [0.1, 0.15) is 0 Å². The topological polar surface area (TPSA) is 37.3 Å². The van der Waals surface area contributed by atoms with E-state index in [9.17, 15) is 31.1 Å². The largest absolute Gasteiger partial charge is 0.478 e. The summed E-state index contributed by atoms with van der Waals surface area (Å²) in [5, 5.41) is 8.85. The summed E-state index contributed by atoms with van der Waals surface area (Å²) in [6.45, 7) is 0. The van der Waals surface area contributed by atoms with Crippen molar-refractivity contribution in [1.82, 2.24) is 0 Å². The van der Waals surface area contributed by atoms with Gasteiger partial charge in [-0.15, -0.1) is 0 Å². The molecule has 0 saturated carbocycles. The summed E-state index contributed by atoms with van der Waals surface area (Å²) in [5.74, 6) is -1.28. The molecular formula is C15H7BrF6O2. The molecule has 0 aliphatic heterocycles. The van der Waals surface area contributed by atoms with Crippen molar-refractivity contribution >= 4 is 21.9 Å². The summed E-state index contributed by atoms with van der Waals surface area (Å²) >= 11 is 2.98. The first-order valence-corrected chi connectivity index (χ1v) is 7.01. The van der Waals surface area contributed by atoms with Crippen LogP contribution < -0.4 is 0 Å². The fraction of sp³-hybridized carbons (Fsp3) is 0.133. The highest BCUT2D eigenvalue weighted by molar-refractivity contribution is 9.10. The molecule has 0 saturated heterocycles. The van der Waals surface area contributed by atoms with Gasteiger partial charge in [-0.05, 0) is 41.5 Å². The van der Waals surface area contributed by atoms with Gasteiger partial charge in [-0.1, -0.05) is 22.0 Å². The standard InChI is InChI=1S/C15H7BrF6O2/c16-12-5-7(13(23)24)1-2-11(12)8-3-9(14(17,18)19)6-10(4-8)15(20,21)22/h1-6H,(H,23,24). The highest BCUT2D eigenvalue weighted by Crippen LogP contribution is 2.40. The van der Waals surface area contributed by atoms with Gasteiger partial charge in [-0.3, -0.25) is 0 Å². The smallest absolute Gasteiger partial charge is 0.416 e. The zero-order chi connectivity index (χ0) is 18.3. The average molecular weight is 413 g/mol. The minimum absolute atomic E-state index is 0.0107. The molecular weight excluding hydrogens is 406 g/mol. The Kier molecular flexibility index (Phi) is 4.67. The van der Waals surface area contributed by atoms with Gasteiger partial charge in [0.15, 0.2) is 0 Å². The van der Waals surface area contributed by atoms with E-state index in [1.54, 1.807) is 0 Å². The van der Waals surface area contributed by atoms with E-state index in [1.807, 2.05) is 0 Å². The predicted molar refractivity (Wildman–Crippen MR) is 76.5 cm³/mol. The third-order valence-electron chi connectivity index (χ3n) is 3.11. The summed E-state index contributed by atoms with van der Waals surface area (Å²) in [7, 11) is 0. The molecule has 0 unspecified atom stereocenters. The van der Waals surface area contributed by atoms with Crippen molar-refractivity contribution < 1.29 is 36.2 Å². The third-order valence-corrected chi connectivity index (χ3v) is 3.77. The van der Waals surface area contributed by atoms with Crippen LogP contribution in [0.25, 0.3) is 11.1 Å². The first-order chi connectivity index (χ1) is 10.9. The Labute approximate surface area is 139 Å². The van der Waals surface area contributed by atoms with E-state index in [-0.39, 0.29) is 27.2 Å².